The van der Waals surface area contributed by atoms with Crippen molar-refractivity contribution in [2.75, 3.05) is 13.2 Å². The first-order valence-corrected chi connectivity index (χ1v) is 7.24. The van der Waals surface area contributed by atoms with E-state index in [-0.39, 0.29) is 0 Å². The van der Waals surface area contributed by atoms with Crippen LogP contribution in [-0.2, 0) is 4.74 Å². The second-order valence-corrected chi connectivity index (χ2v) is 5.43. The van der Waals surface area contributed by atoms with Crippen LogP contribution >= 0.6 is 11.3 Å². The zero-order valence-electron chi connectivity index (χ0n) is 10.6. The molecule has 1 aliphatic carbocycles. The lowest BCUT2D eigenvalue weighted by atomic mass is 10.0. The van der Waals surface area contributed by atoms with Crippen LogP contribution in [0.2, 0.25) is 0 Å². The Morgan fingerprint density at radius 2 is 2.18 bits per heavy atom. The van der Waals surface area contributed by atoms with Gasteiger partial charge >= 0.3 is 0 Å². The molecule has 0 aromatic carbocycles. The van der Waals surface area contributed by atoms with Crippen molar-refractivity contribution in [1.29, 1.82) is 0 Å². The van der Waals surface area contributed by atoms with Gasteiger partial charge in [-0.05, 0) is 22.9 Å². The summed E-state index contributed by atoms with van der Waals surface area (Å²) in [5.41, 5.74) is 2.79. The molecule has 2 rings (SSSR count). The molecule has 0 saturated heterocycles. The Bertz CT molecular complexity index is 421. The third-order valence-corrected chi connectivity index (χ3v) is 4.05. The lowest BCUT2D eigenvalue weighted by Gasteiger charge is -2.12. The van der Waals surface area contributed by atoms with E-state index in [1.165, 1.54) is 22.4 Å². The van der Waals surface area contributed by atoms with E-state index < -0.39 is 0 Å². The fourth-order valence-electron chi connectivity index (χ4n) is 2.00. The second-order valence-electron chi connectivity index (χ2n) is 4.52. The predicted octanol–water partition coefficient (Wildman–Crippen LogP) is 4.77. The number of hydrogen-bond acceptors (Lipinski definition) is 2. The average Bonchev–Trinajstić information content (AvgIpc) is 2.78. The van der Waals surface area contributed by atoms with Gasteiger partial charge in [-0.3, -0.25) is 0 Å². The van der Waals surface area contributed by atoms with Crippen molar-refractivity contribution in [2.24, 2.45) is 0 Å². The van der Waals surface area contributed by atoms with E-state index in [2.05, 4.69) is 43.5 Å². The van der Waals surface area contributed by atoms with Crippen LogP contribution in [0.4, 0.5) is 0 Å². The summed E-state index contributed by atoms with van der Waals surface area (Å²) in [6.45, 7) is 6.17. The maximum absolute atomic E-state index is 5.71. The van der Waals surface area contributed by atoms with E-state index in [9.17, 15) is 0 Å². The van der Waals surface area contributed by atoms with Gasteiger partial charge in [-0.25, -0.2) is 0 Å². The van der Waals surface area contributed by atoms with Gasteiger partial charge in [0.1, 0.15) is 0 Å². The van der Waals surface area contributed by atoms with E-state index >= 15 is 0 Å². The van der Waals surface area contributed by atoms with Gasteiger partial charge in [-0.15, -0.1) is 11.3 Å². The molecule has 92 valence electrons. The first-order chi connectivity index (χ1) is 8.33. The molecule has 0 N–H and O–H groups in total. The third kappa shape index (κ3) is 3.08. The van der Waals surface area contributed by atoms with Crippen molar-refractivity contribution in [1.82, 2.24) is 0 Å². The molecule has 0 fully saturated rings. The number of rotatable bonds is 6. The summed E-state index contributed by atoms with van der Waals surface area (Å²) in [5.74, 6) is 0.489. The fraction of sp³-hybridized carbons (Fsp3) is 0.467. The Hall–Kier alpha value is -0.860. The van der Waals surface area contributed by atoms with Gasteiger partial charge in [0.2, 0.25) is 0 Å². The van der Waals surface area contributed by atoms with Crippen LogP contribution in [0.25, 0.3) is 10.4 Å². The quantitative estimate of drug-likeness (QED) is 0.669. The number of ether oxygens (including phenoxy) is 1. The Labute approximate surface area is 108 Å². The van der Waals surface area contributed by atoms with Crippen molar-refractivity contribution < 1.29 is 4.74 Å². The van der Waals surface area contributed by atoms with Gasteiger partial charge in [0.25, 0.3) is 0 Å². The number of unbranched alkanes of at least 4 members (excludes halogenated alkanes) is 1. The van der Waals surface area contributed by atoms with Crippen LogP contribution in [0, 0.1) is 0 Å². The van der Waals surface area contributed by atoms with E-state index in [1.54, 1.807) is 0 Å². The summed E-state index contributed by atoms with van der Waals surface area (Å²) in [6, 6.07) is 8.75. The summed E-state index contributed by atoms with van der Waals surface area (Å²) in [7, 11) is 0. The number of hydrogen-bond donors (Lipinski definition) is 0. The van der Waals surface area contributed by atoms with E-state index in [0.717, 1.165) is 19.6 Å². The Kier molecular flexibility index (Phi) is 4.57. The average molecular weight is 248 g/mol. The maximum Gasteiger partial charge on any atom is 0.0532 e. The topological polar surface area (TPSA) is 9.23 Å². The van der Waals surface area contributed by atoms with E-state index in [4.69, 9.17) is 4.74 Å². The Balaban J connectivity index is 1.97. The third-order valence-electron chi connectivity index (χ3n) is 3.05. The molecule has 1 nitrogen and oxygen atoms in total. The van der Waals surface area contributed by atoms with Gasteiger partial charge < -0.3 is 4.74 Å². The van der Waals surface area contributed by atoms with E-state index in [1.807, 2.05) is 11.3 Å². The van der Waals surface area contributed by atoms with Crippen molar-refractivity contribution in [2.45, 2.75) is 32.6 Å². The van der Waals surface area contributed by atoms with Crippen molar-refractivity contribution in [3.63, 3.8) is 0 Å². The summed E-state index contributed by atoms with van der Waals surface area (Å²) >= 11 is 1.83. The molecule has 1 unspecified atom stereocenters. The minimum absolute atomic E-state index is 0.489. The SMILES string of the molecule is CCCCOCC(C)c1ccc2cccsc1-2. The first-order valence-electron chi connectivity index (χ1n) is 6.36. The highest BCUT2D eigenvalue weighted by molar-refractivity contribution is 7.13. The lowest BCUT2D eigenvalue weighted by Crippen LogP contribution is -2.05. The van der Waals surface area contributed by atoms with Gasteiger partial charge in [-0.1, -0.05) is 44.5 Å². The molecule has 2 heteroatoms. The first kappa shape index (κ1) is 12.6. The van der Waals surface area contributed by atoms with Gasteiger partial charge in [0.05, 0.1) is 6.61 Å². The van der Waals surface area contributed by atoms with Gasteiger partial charge in [0.15, 0.2) is 0 Å². The zero-order valence-corrected chi connectivity index (χ0v) is 11.4. The molecule has 1 atom stereocenters. The molecule has 0 bridgehead atoms. The Morgan fingerprint density at radius 1 is 1.29 bits per heavy atom. The van der Waals surface area contributed by atoms with Crippen LogP contribution < -0.4 is 0 Å². The van der Waals surface area contributed by atoms with Crippen LogP contribution in [-0.4, -0.2) is 13.2 Å². The van der Waals surface area contributed by atoms with Crippen LogP contribution in [0.3, 0.4) is 0 Å². The minimum atomic E-state index is 0.489. The Morgan fingerprint density at radius 3 is 3.00 bits per heavy atom. The molecule has 0 spiro atoms. The minimum Gasteiger partial charge on any atom is -0.381 e. The highest BCUT2D eigenvalue weighted by atomic mass is 32.1. The van der Waals surface area contributed by atoms with Crippen molar-refractivity contribution in [3.8, 4) is 10.4 Å². The number of fused-ring (bicyclic) bond motifs is 1. The molecule has 0 aromatic heterocycles. The monoisotopic (exact) mass is 248 g/mol. The summed E-state index contributed by atoms with van der Waals surface area (Å²) in [4.78, 5) is 1.42. The smallest absolute Gasteiger partial charge is 0.0532 e. The molecule has 1 aliphatic heterocycles. The molecular weight excluding hydrogens is 228 g/mol. The molecule has 0 saturated carbocycles. The molecule has 2 aliphatic rings. The standard InChI is InChI=1S/C15H20OS/c1-3-4-9-16-11-12(2)14-8-7-13-6-5-10-17-15(13)14/h5-8,10,12H,3-4,9,11H2,1-2H3. The van der Waals surface area contributed by atoms with Crippen molar-refractivity contribution in [3.05, 3.63) is 35.2 Å². The summed E-state index contributed by atoms with van der Waals surface area (Å²) in [6.07, 6.45) is 2.37. The molecule has 0 amide bonds. The molecule has 1 heterocycles. The largest absolute Gasteiger partial charge is 0.381 e. The summed E-state index contributed by atoms with van der Waals surface area (Å²) < 4.78 is 5.71. The maximum atomic E-state index is 5.71. The second kappa shape index (κ2) is 6.18. The van der Waals surface area contributed by atoms with Gasteiger partial charge in [-0.2, -0.15) is 0 Å². The fourth-order valence-corrected chi connectivity index (χ4v) is 2.97. The highest BCUT2D eigenvalue weighted by Crippen LogP contribution is 2.35. The predicted molar refractivity (Wildman–Crippen MR) is 75.1 cm³/mol. The normalized spacial score (nSPS) is 13.1. The van der Waals surface area contributed by atoms with E-state index in [0.29, 0.717) is 5.92 Å². The van der Waals surface area contributed by atoms with Crippen molar-refractivity contribution >= 4 is 11.3 Å². The van der Waals surface area contributed by atoms with Crippen LogP contribution in [0.5, 0.6) is 0 Å². The van der Waals surface area contributed by atoms with Crippen LogP contribution in [0.15, 0.2) is 29.6 Å². The molecular formula is C15H20OS. The summed E-state index contributed by atoms with van der Waals surface area (Å²) in [5, 5.41) is 2.15. The molecule has 0 aromatic rings. The molecule has 0 radical (unpaired) electrons. The lowest BCUT2D eigenvalue weighted by molar-refractivity contribution is 0.121. The highest BCUT2D eigenvalue weighted by Gasteiger charge is 2.15. The molecule has 17 heavy (non-hydrogen) atoms. The zero-order chi connectivity index (χ0) is 12.1. The van der Waals surface area contributed by atoms with Gasteiger partial charge in [0, 0.05) is 17.4 Å². The van der Waals surface area contributed by atoms with Crippen LogP contribution in [0.1, 0.15) is 38.2 Å².